The Balaban J connectivity index is 2.09. The predicted octanol–water partition coefficient (Wildman–Crippen LogP) is 2.24. The number of pyridine rings is 1. The van der Waals surface area contributed by atoms with Crippen molar-refractivity contribution in [3.05, 3.63) is 41.5 Å². The second-order valence-corrected chi connectivity index (χ2v) is 4.54. The molecule has 0 aromatic carbocycles. The molecule has 0 bridgehead atoms. The van der Waals surface area contributed by atoms with Gasteiger partial charge in [0.05, 0.1) is 11.9 Å². The molecule has 1 atom stereocenters. The molecule has 0 spiro atoms. The smallest absolute Gasteiger partial charge is 0.174 e. The van der Waals surface area contributed by atoms with Crippen molar-refractivity contribution in [2.45, 2.75) is 39.3 Å². The first-order chi connectivity index (χ1) is 9.19. The van der Waals surface area contributed by atoms with Gasteiger partial charge in [-0.25, -0.2) is 0 Å². The van der Waals surface area contributed by atoms with Crippen LogP contribution in [0.25, 0.3) is 0 Å². The fourth-order valence-electron chi connectivity index (χ4n) is 1.73. The molecule has 0 radical (unpaired) electrons. The van der Waals surface area contributed by atoms with Gasteiger partial charge in [-0.15, -0.1) is 0 Å². The zero-order chi connectivity index (χ0) is 13.7. The van der Waals surface area contributed by atoms with Crippen molar-refractivity contribution in [3.63, 3.8) is 0 Å². The minimum absolute atomic E-state index is 0.0990. The van der Waals surface area contributed by atoms with E-state index in [0.717, 1.165) is 23.6 Å². The molecule has 2 heterocycles. The van der Waals surface area contributed by atoms with E-state index in [0.29, 0.717) is 18.8 Å². The molecule has 0 fully saturated rings. The maximum Gasteiger partial charge on any atom is 0.174 e. The maximum atomic E-state index is 5.99. The molecule has 0 saturated carbocycles. The van der Waals surface area contributed by atoms with Crippen molar-refractivity contribution in [3.8, 4) is 5.75 Å². The lowest BCUT2D eigenvalue weighted by Crippen LogP contribution is -2.22. The van der Waals surface area contributed by atoms with Gasteiger partial charge in [0, 0.05) is 24.2 Å². The summed E-state index contributed by atoms with van der Waals surface area (Å²) in [4.78, 5) is 4.51. The van der Waals surface area contributed by atoms with E-state index < -0.39 is 0 Å². The topological polar surface area (TPSA) is 74.2 Å². The summed E-state index contributed by atoms with van der Waals surface area (Å²) in [5.41, 5.74) is 7.85. The second kappa shape index (κ2) is 6.33. The molecule has 102 valence electrons. The third-order valence-corrected chi connectivity index (χ3v) is 2.91. The average molecular weight is 261 g/mol. The summed E-state index contributed by atoms with van der Waals surface area (Å²) in [5, 5.41) is 3.64. The largest absolute Gasteiger partial charge is 0.484 e. The lowest BCUT2D eigenvalue weighted by Gasteiger charge is -2.13. The molecule has 2 aromatic rings. The molecule has 2 rings (SSSR count). The molecule has 2 N–H and O–H groups in total. The van der Waals surface area contributed by atoms with E-state index in [1.807, 2.05) is 19.1 Å². The SMILES string of the molecule is CCC(N)Cc1nc(C)ccc1OCc1ccno1. The van der Waals surface area contributed by atoms with Crippen LogP contribution in [0.15, 0.2) is 28.9 Å². The molecule has 5 heteroatoms. The highest BCUT2D eigenvalue weighted by molar-refractivity contribution is 5.30. The molecule has 19 heavy (non-hydrogen) atoms. The molecular weight excluding hydrogens is 242 g/mol. The number of nitrogens with zero attached hydrogens (tertiary/aromatic N) is 2. The Kier molecular flexibility index (Phi) is 4.52. The van der Waals surface area contributed by atoms with Crippen molar-refractivity contribution in [1.82, 2.24) is 10.1 Å². The Morgan fingerprint density at radius 3 is 2.89 bits per heavy atom. The Hall–Kier alpha value is -1.88. The van der Waals surface area contributed by atoms with Gasteiger partial charge >= 0.3 is 0 Å². The van der Waals surface area contributed by atoms with E-state index in [1.54, 1.807) is 12.3 Å². The first kappa shape index (κ1) is 13.5. The average Bonchev–Trinajstić information content (AvgIpc) is 2.91. The van der Waals surface area contributed by atoms with Gasteiger partial charge in [0.15, 0.2) is 5.76 Å². The third kappa shape index (κ3) is 3.79. The number of rotatable bonds is 6. The van der Waals surface area contributed by atoms with Crippen molar-refractivity contribution in [1.29, 1.82) is 0 Å². The van der Waals surface area contributed by atoms with Gasteiger partial charge in [-0.2, -0.15) is 0 Å². The first-order valence-electron chi connectivity index (χ1n) is 6.43. The van der Waals surface area contributed by atoms with Crippen LogP contribution in [-0.4, -0.2) is 16.2 Å². The monoisotopic (exact) mass is 261 g/mol. The second-order valence-electron chi connectivity index (χ2n) is 4.54. The van der Waals surface area contributed by atoms with E-state index in [2.05, 4.69) is 17.1 Å². The van der Waals surface area contributed by atoms with Crippen LogP contribution in [0.3, 0.4) is 0 Å². The lowest BCUT2D eigenvalue weighted by molar-refractivity contribution is 0.246. The number of ether oxygens (including phenoxy) is 1. The van der Waals surface area contributed by atoms with Crippen LogP contribution in [0.4, 0.5) is 0 Å². The van der Waals surface area contributed by atoms with E-state index in [9.17, 15) is 0 Å². The van der Waals surface area contributed by atoms with Gasteiger partial charge < -0.3 is 15.0 Å². The van der Waals surface area contributed by atoms with E-state index >= 15 is 0 Å². The van der Waals surface area contributed by atoms with Crippen molar-refractivity contribution in [2.24, 2.45) is 5.73 Å². The number of hydrogen-bond acceptors (Lipinski definition) is 5. The fraction of sp³-hybridized carbons (Fsp3) is 0.429. The molecular formula is C14H19N3O2. The van der Waals surface area contributed by atoms with E-state index in [-0.39, 0.29) is 6.04 Å². The minimum atomic E-state index is 0.0990. The van der Waals surface area contributed by atoms with Crippen molar-refractivity contribution < 1.29 is 9.26 Å². The first-order valence-corrected chi connectivity index (χ1v) is 6.43. The van der Waals surface area contributed by atoms with E-state index in [4.69, 9.17) is 15.0 Å². The number of hydrogen-bond donors (Lipinski definition) is 1. The molecule has 0 saturated heterocycles. The molecule has 0 aliphatic heterocycles. The third-order valence-electron chi connectivity index (χ3n) is 2.91. The molecule has 1 unspecified atom stereocenters. The van der Waals surface area contributed by atoms with Crippen LogP contribution in [0.2, 0.25) is 0 Å². The van der Waals surface area contributed by atoms with Gasteiger partial charge in [-0.1, -0.05) is 12.1 Å². The zero-order valence-electron chi connectivity index (χ0n) is 11.3. The van der Waals surface area contributed by atoms with Gasteiger partial charge in [-0.3, -0.25) is 4.98 Å². The van der Waals surface area contributed by atoms with Crippen LogP contribution >= 0.6 is 0 Å². The van der Waals surface area contributed by atoms with Gasteiger partial charge in [-0.05, 0) is 25.5 Å². The van der Waals surface area contributed by atoms with Crippen LogP contribution in [0.1, 0.15) is 30.5 Å². The lowest BCUT2D eigenvalue weighted by atomic mass is 10.1. The number of aryl methyl sites for hydroxylation is 1. The summed E-state index contributed by atoms with van der Waals surface area (Å²) < 4.78 is 10.7. The summed E-state index contributed by atoms with van der Waals surface area (Å²) in [6.45, 7) is 4.37. The van der Waals surface area contributed by atoms with Crippen LogP contribution in [0, 0.1) is 6.92 Å². The Morgan fingerprint density at radius 1 is 1.37 bits per heavy atom. The molecule has 5 nitrogen and oxygen atoms in total. The zero-order valence-corrected chi connectivity index (χ0v) is 11.3. The minimum Gasteiger partial charge on any atom is -0.484 e. The number of nitrogens with two attached hydrogens (primary N) is 1. The Labute approximate surface area is 112 Å². The van der Waals surface area contributed by atoms with Crippen molar-refractivity contribution >= 4 is 0 Å². The van der Waals surface area contributed by atoms with Gasteiger partial charge in [0.25, 0.3) is 0 Å². The molecule has 2 aromatic heterocycles. The molecule has 0 aliphatic rings. The maximum absolute atomic E-state index is 5.99. The molecule has 0 amide bonds. The quantitative estimate of drug-likeness (QED) is 0.863. The highest BCUT2D eigenvalue weighted by atomic mass is 16.5. The van der Waals surface area contributed by atoms with E-state index in [1.165, 1.54) is 0 Å². The standard InChI is InChI=1S/C14H19N3O2/c1-3-11(15)8-13-14(5-4-10(2)17-13)18-9-12-6-7-16-19-12/h4-7,11H,3,8-9,15H2,1-2H3. The highest BCUT2D eigenvalue weighted by Crippen LogP contribution is 2.20. The van der Waals surface area contributed by atoms with Gasteiger partial charge in [0.1, 0.15) is 12.4 Å². The summed E-state index contributed by atoms with van der Waals surface area (Å²) in [6.07, 6.45) is 3.22. The van der Waals surface area contributed by atoms with Crippen LogP contribution < -0.4 is 10.5 Å². The fourth-order valence-corrected chi connectivity index (χ4v) is 1.73. The van der Waals surface area contributed by atoms with Crippen LogP contribution in [-0.2, 0) is 13.0 Å². The summed E-state index contributed by atoms with van der Waals surface area (Å²) in [5.74, 6) is 1.44. The normalized spacial score (nSPS) is 12.4. The Bertz CT molecular complexity index is 511. The molecule has 0 aliphatic carbocycles. The predicted molar refractivity (Wildman–Crippen MR) is 71.8 cm³/mol. The number of aromatic nitrogens is 2. The van der Waals surface area contributed by atoms with Crippen LogP contribution in [0.5, 0.6) is 5.75 Å². The highest BCUT2D eigenvalue weighted by Gasteiger charge is 2.11. The summed E-state index contributed by atoms with van der Waals surface area (Å²) in [6, 6.07) is 5.73. The summed E-state index contributed by atoms with van der Waals surface area (Å²) in [7, 11) is 0. The van der Waals surface area contributed by atoms with Crippen molar-refractivity contribution in [2.75, 3.05) is 0 Å². The Morgan fingerprint density at radius 2 is 2.21 bits per heavy atom. The summed E-state index contributed by atoms with van der Waals surface area (Å²) >= 11 is 0. The van der Waals surface area contributed by atoms with Gasteiger partial charge in [0.2, 0.25) is 0 Å².